The molecule has 1 aromatic carbocycles. The second-order valence-corrected chi connectivity index (χ2v) is 8.55. The summed E-state index contributed by atoms with van der Waals surface area (Å²) < 4.78 is 10.6. The number of nitrogens with zero attached hydrogens (tertiary/aromatic N) is 4. The van der Waals surface area contributed by atoms with Crippen molar-refractivity contribution in [2.45, 2.75) is 51.4 Å². The molecule has 4 rings (SSSR count). The summed E-state index contributed by atoms with van der Waals surface area (Å²) in [7, 11) is 3.55. The molecule has 0 radical (unpaired) electrons. The Morgan fingerprint density at radius 1 is 1.19 bits per heavy atom. The standard InChI is InChI=1S/C23H33N5O2.HI/c1-24-22(28-16-14-23(17-28)12-6-13-23)25-15-5-3-4-7-20-26-21(27-30-20)18-8-10-19(29-2)11-9-18;/h8-11H,3-7,12-17H2,1-2H3,(H,24,25);1H. The van der Waals surface area contributed by atoms with E-state index in [0.717, 1.165) is 56.0 Å². The van der Waals surface area contributed by atoms with E-state index in [0.29, 0.717) is 17.1 Å². The summed E-state index contributed by atoms with van der Waals surface area (Å²) in [4.78, 5) is 11.4. The molecule has 31 heavy (non-hydrogen) atoms. The fourth-order valence-electron chi connectivity index (χ4n) is 4.53. The van der Waals surface area contributed by atoms with Crippen LogP contribution in [0, 0.1) is 5.41 Å². The molecule has 0 bridgehead atoms. The number of ether oxygens (including phenoxy) is 1. The molecular formula is C23H34IN5O2. The summed E-state index contributed by atoms with van der Waals surface area (Å²) >= 11 is 0. The molecular weight excluding hydrogens is 505 g/mol. The van der Waals surface area contributed by atoms with Crippen LogP contribution in [0.3, 0.4) is 0 Å². The van der Waals surface area contributed by atoms with Crippen LogP contribution >= 0.6 is 24.0 Å². The fourth-order valence-corrected chi connectivity index (χ4v) is 4.53. The molecule has 2 heterocycles. The molecule has 170 valence electrons. The molecule has 0 amide bonds. The van der Waals surface area contributed by atoms with E-state index in [4.69, 9.17) is 9.26 Å². The van der Waals surface area contributed by atoms with Crippen molar-refractivity contribution >= 4 is 29.9 Å². The van der Waals surface area contributed by atoms with Gasteiger partial charge in [0.25, 0.3) is 0 Å². The first-order valence-corrected chi connectivity index (χ1v) is 11.1. The summed E-state index contributed by atoms with van der Waals surface area (Å²) in [6, 6.07) is 7.69. The minimum absolute atomic E-state index is 0. The summed E-state index contributed by atoms with van der Waals surface area (Å²) in [5.41, 5.74) is 1.54. The maximum atomic E-state index is 5.41. The van der Waals surface area contributed by atoms with Gasteiger partial charge in [-0.25, -0.2) is 0 Å². The van der Waals surface area contributed by atoms with Gasteiger partial charge in [-0.1, -0.05) is 18.0 Å². The molecule has 1 aliphatic heterocycles. The smallest absolute Gasteiger partial charge is 0.226 e. The number of hydrogen-bond donors (Lipinski definition) is 1. The third kappa shape index (κ3) is 5.90. The predicted octanol–water partition coefficient (Wildman–Crippen LogP) is 4.53. The average molecular weight is 539 g/mol. The number of rotatable bonds is 8. The predicted molar refractivity (Wildman–Crippen MR) is 133 cm³/mol. The molecule has 1 spiro atoms. The van der Waals surface area contributed by atoms with Crippen LogP contribution in [0.2, 0.25) is 0 Å². The molecule has 1 N–H and O–H groups in total. The molecule has 1 aromatic heterocycles. The van der Waals surface area contributed by atoms with E-state index >= 15 is 0 Å². The number of methoxy groups -OCH3 is 1. The van der Waals surface area contributed by atoms with Crippen molar-refractivity contribution in [3.8, 4) is 17.1 Å². The Kier molecular flexibility index (Phi) is 8.57. The maximum absolute atomic E-state index is 5.41. The Morgan fingerprint density at radius 3 is 2.65 bits per heavy atom. The first-order chi connectivity index (χ1) is 14.7. The minimum atomic E-state index is 0. The van der Waals surface area contributed by atoms with Gasteiger partial charge in [-0.15, -0.1) is 24.0 Å². The van der Waals surface area contributed by atoms with E-state index in [9.17, 15) is 0 Å². The van der Waals surface area contributed by atoms with E-state index < -0.39 is 0 Å². The second kappa shape index (κ2) is 11.2. The quantitative estimate of drug-likeness (QED) is 0.230. The third-order valence-corrected chi connectivity index (χ3v) is 6.53. The van der Waals surface area contributed by atoms with Crippen molar-refractivity contribution in [2.24, 2.45) is 10.4 Å². The van der Waals surface area contributed by atoms with Gasteiger partial charge in [0.05, 0.1) is 7.11 Å². The molecule has 2 aromatic rings. The molecule has 2 aliphatic rings. The number of benzene rings is 1. The van der Waals surface area contributed by atoms with Gasteiger partial charge >= 0.3 is 0 Å². The number of aliphatic imine (C=N–C) groups is 1. The van der Waals surface area contributed by atoms with Gasteiger partial charge in [-0.05, 0) is 61.8 Å². The topological polar surface area (TPSA) is 75.8 Å². The van der Waals surface area contributed by atoms with E-state index in [-0.39, 0.29) is 24.0 Å². The third-order valence-electron chi connectivity index (χ3n) is 6.53. The van der Waals surface area contributed by atoms with Crippen molar-refractivity contribution in [1.82, 2.24) is 20.4 Å². The largest absolute Gasteiger partial charge is 0.497 e. The van der Waals surface area contributed by atoms with Crippen LogP contribution in [-0.2, 0) is 6.42 Å². The zero-order valence-electron chi connectivity index (χ0n) is 18.6. The lowest BCUT2D eigenvalue weighted by atomic mass is 9.68. The number of guanidine groups is 1. The Labute approximate surface area is 202 Å². The highest BCUT2D eigenvalue weighted by Crippen LogP contribution is 2.47. The molecule has 2 fully saturated rings. The SMILES string of the molecule is CN=C(NCCCCCc1nc(-c2ccc(OC)cc2)no1)N1CCC2(CCC2)C1.I. The summed E-state index contributed by atoms with van der Waals surface area (Å²) in [5, 5.41) is 7.64. The van der Waals surface area contributed by atoms with Crippen LogP contribution in [0.15, 0.2) is 33.8 Å². The van der Waals surface area contributed by atoms with Gasteiger partial charge in [0, 0.05) is 38.7 Å². The van der Waals surface area contributed by atoms with E-state index in [1.54, 1.807) is 7.11 Å². The van der Waals surface area contributed by atoms with Crippen molar-refractivity contribution in [1.29, 1.82) is 0 Å². The van der Waals surface area contributed by atoms with E-state index in [1.165, 1.54) is 32.2 Å². The van der Waals surface area contributed by atoms with Crippen molar-refractivity contribution in [3.63, 3.8) is 0 Å². The highest BCUT2D eigenvalue weighted by molar-refractivity contribution is 14.0. The molecule has 1 saturated carbocycles. The zero-order valence-corrected chi connectivity index (χ0v) is 20.9. The van der Waals surface area contributed by atoms with Gasteiger partial charge in [-0.3, -0.25) is 4.99 Å². The molecule has 0 unspecified atom stereocenters. The minimum Gasteiger partial charge on any atom is -0.497 e. The van der Waals surface area contributed by atoms with Crippen LogP contribution < -0.4 is 10.1 Å². The van der Waals surface area contributed by atoms with Gasteiger partial charge < -0.3 is 19.5 Å². The lowest BCUT2D eigenvalue weighted by Crippen LogP contribution is -2.42. The fraction of sp³-hybridized carbons (Fsp3) is 0.609. The number of hydrogen-bond acceptors (Lipinski definition) is 5. The van der Waals surface area contributed by atoms with Crippen LogP contribution in [0.5, 0.6) is 5.75 Å². The number of likely N-dealkylation sites (tertiary alicyclic amines) is 1. The number of aromatic nitrogens is 2. The van der Waals surface area contributed by atoms with Crippen LogP contribution in [0.4, 0.5) is 0 Å². The van der Waals surface area contributed by atoms with E-state index in [1.807, 2.05) is 31.3 Å². The van der Waals surface area contributed by atoms with Crippen molar-refractivity contribution in [2.75, 3.05) is 33.8 Å². The monoisotopic (exact) mass is 539 g/mol. The molecule has 0 atom stereocenters. The highest BCUT2D eigenvalue weighted by Gasteiger charge is 2.43. The number of nitrogens with one attached hydrogen (secondary N) is 1. The number of aryl methyl sites for hydroxylation is 1. The highest BCUT2D eigenvalue weighted by atomic mass is 127. The molecule has 1 aliphatic carbocycles. The lowest BCUT2D eigenvalue weighted by Gasteiger charge is -2.38. The average Bonchev–Trinajstić information content (AvgIpc) is 3.41. The number of halogens is 1. The zero-order chi connectivity index (χ0) is 20.8. The van der Waals surface area contributed by atoms with Gasteiger partial charge in [0.2, 0.25) is 11.7 Å². The van der Waals surface area contributed by atoms with Crippen LogP contribution in [-0.4, -0.2) is 54.8 Å². The van der Waals surface area contributed by atoms with Gasteiger partial charge in [-0.2, -0.15) is 4.98 Å². The Balaban J connectivity index is 0.00000272. The summed E-state index contributed by atoms with van der Waals surface area (Å²) in [5.74, 6) is 3.22. The maximum Gasteiger partial charge on any atom is 0.226 e. The Bertz CT molecular complexity index is 848. The Morgan fingerprint density at radius 2 is 2.00 bits per heavy atom. The van der Waals surface area contributed by atoms with Crippen LogP contribution in [0.25, 0.3) is 11.4 Å². The number of unbranched alkanes of at least 4 members (excludes halogenated alkanes) is 2. The molecule has 8 heteroatoms. The molecule has 7 nitrogen and oxygen atoms in total. The first-order valence-electron chi connectivity index (χ1n) is 11.1. The molecule has 1 saturated heterocycles. The lowest BCUT2D eigenvalue weighted by molar-refractivity contribution is 0.151. The van der Waals surface area contributed by atoms with Gasteiger partial charge in [0.15, 0.2) is 5.96 Å². The van der Waals surface area contributed by atoms with E-state index in [2.05, 4.69) is 25.3 Å². The second-order valence-electron chi connectivity index (χ2n) is 8.55. The van der Waals surface area contributed by atoms with Gasteiger partial charge in [0.1, 0.15) is 5.75 Å². The van der Waals surface area contributed by atoms with Crippen molar-refractivity contribution in [3.05, 3.63) is 30.2 Å². The first kappa shape index (κ1) is 23.8. The summed E-state index contributed by atoms with van der Waals surface area (Å²) in [6.45, 7) is 3.28. The summed E-state index contributed by atoms with van der Waals surface area (Å²) in [6.07, 6.45) is 9.61. The van der Waals surface area contributed by atoms with Crippen molar-refractivity contribution < 1.29 is 9.26 Å². The van der Waals surface area contributed by atoms with Crippen LogP contribution in [0.1, 0.15) is 50.8 Å². The Hall–Kier alpha value is -1.84. The normalized spacial score (nSPS) is 17.4.